The molecule has 2 bridgehead atoms. The second kappa shape index (κ2) is 9.67. The number of aliphatic hydroxyl groups excluding tert-OH is 2. The molecule has 3 saturated carbocycles. The van der Waals surface area contributed by atoms with Gasteiger partial charge in [0.1, 0.15) is 22.7 Å². The van der Waals surface area contributed by atoms with Crippen LogP contribution in [0.4, 0.5) is 0 Å². The Morgan fingerprint density at radius 3 is 2.47 bits per heavy atom. The van der Waals surface area contributed by atoms with Gasteiger partial charge in [0.2, 0.25) is 6.29 Å². The van der Waals surface area contributed by atoms with Gasteiger partial charge in [-0.1, -0.05) is 20.8 Å². The van der Waals surface area contributed by atoms with Gasteiger partial charge >= 0.3 is 17.9 Å². The van der Waals surface area contributed by atoms with Crippen LogP contribution < -0.4 is 0 Å². The third-order valence-electron chi connectivity index (χ3n) is 14.0. The summed E-state index contributed by atoms with van der Waals surface area (Å²) in [5.41, 5.74) is -8.32. The highest BCUT2D eigenvalue weighted by Crippen LogP contribution is 2.82. The summed E-state index contributed by atoms with van der Waals surface area (Å²) in [5, 5.41) is 36.9. The van der Waals surface area contributed by atoms with Gasteiger partial charge in [-0.05, 0) is 25.8 Å². The molecule has 4 saturated heterocycles. The minimum Gasteiger partial charge on any atom is -0.469 e. The Bertz CT molecular complexity index is 1440. The predicted octanol–water partition coefficient (Wildman–Crippen LogP) is -0.0140. The molecule has 0 aromatic rings. The normalized spacial score (nSPS) is 56.4. The number of epoxide rings is 1. The summed E-state index contributed by atoms with van der Waals surface area (Å²) in [6.45, 7) is 6.77. The third kappa shape index (κ3) is 3.25. The summed E-state index contributed by atoms with van der Waals surface area (Å²) in [6, 6.07) is 0. The number of fused-ring (bicyclic) bond motifs is 7. The molecule has 1 spiro atoms. The average molecular weight is 665 g/mol. The number of carbonyl (C=O) groups is 3. The summed E-state index contributed by atoms with van der Waals surface area (Å²) in [7, 11) is 2.47. The Labute approximate surface area is 271 Å². The molecule has 5 heterocycles. The summed E-state index contributed by atoms with van der Waals surface area (Å²) in [6.07, 6.45) is -4.23. The van der Waals surface area contributed by atoms with Gasteiger partial charge in [0, 0.05) is 35.0 Å². The van der Waals surface area contributed by atoms with Crippen molar-refractivity contribution in [1.82, 2.24) is 0 Å². The number of ether oxygens (including phenoxy) is 8. The maximum atomic E-state index is 14.1. The molecule has 0 aromatic carbocycles. The Hall–Kier alpha value is -2.33. The van der Waals surface area contributed by atoms with Gasteiger partial charge in [-0.25, -0.2) is 4.79 Å². The zero-order chi connectivity index (χ0) is 33.7. The molecule has 5 aliphatic heterocycles. The van der Waals surface area contributed by atoms with Crippen LogP contribution in [0.3, 0.4) is 0 Å². The van der Waals surface area contributed by atoms with Crippen LogP contribution in [0.2, 0.25) is 0 Å². The van der Waals surface area contributed by atoms with Crippen LogP contribution in [0.1, 0.15) is 47.0 Å². The molecule has 0 amide bonds. The molecule has 3 N–H and O–H groups in total. The van der Waals surface area contributed by atoms with Gasteiger partial charge in [-0.2, -0.15) is 0 Å². The number of carbonyl (C=O) groups excluding carboxylic acids is 3. The van der Waals surface area contributed by atoms with E-state index < -0.39 is 118 Å². The Balaban J connectivity index is 1.31. The fraction of sp³-hybridized carbons (Fsp3) is 0.848. The summed E-state index contributed by atoms with van der Waals surface area (Å²) in [5.74, 6) is -4.93. The van der Waals surface area contributed by atoms with E-state index in [1.165, 1.54) is 20.5 Å². The van der Waals surface area contributed by atoms with E-state index in [4.69, 9.17) is 37.9 Å². The number of aliphatic hydroxyl groups is 3. The van der Waals surface area contributed by atoms with Crippen molar-refractivity contribution >= 4 is 17.9 Å². The van der Waals surface area contributed by atoms with E-state index in [1.807, 2.05) is 13.8 Å². The van der Waals surface area contributed by atoms with Gasteiger partial charge in [0.05, 0.1) is 64.0 Å². The number of hydrogen-bond donors (Lipinski definition) is 3. The highest BCUT2D eigenvalue weighted by molar-refractivity contribution is 5.81. The van der Waals surface area contributed by atoms with E-state index >= 15 is 0 Å². The summed E-state index contributed by atoms with van der Waals surface area (Å²) >= 11 is 0. The molecule has 8 rings (SSSR count). The lowest BCUT2D eigenvalue weighted by atomic mass is 9.38. The molecular weight excluding hydrogens is 620 g/mol. The van der Waals surface area contributed by atoms with Crippen LogP contribution in [0, 0.1) is 39.9 Å². The van der Waals surface area contributed by atoms with Gasteiger partial charge in [-0.3, -0.25) is 9.59 Å². The van der Waals surface area contributed by atoms with Gasteiger partial charge in [0.15, 0.2) is 11.7 Å². The Morgan fingerprint density at radius 2 is 1.79 bits per heavy atom. The van der Waals surface area contributed by atoms with Crippen molar-refractivity contribution in [2.24, 2.45) is 39.9 Å². The monoisotopic (exact) mass is 664 g/mol. The zero-order valence-corrected chi connectivity index (χ0v) is 27.4. The molecule has 260 valence electrons. The van der Waals surface area contributed by atoms with Crippen molar-refractivity contribution in [3.63, 3.8) is 0 Å². The molecule has 47 heavy (non-hydrogen) atoms. The highest BCUT2D eigenvalue weighted by atomic mass is 16.7. The van der Waals surface area contributed by atoms with Crippen LogP contribution >= 0.6 is 0 Å². The first-order valence-electron chi connectivity index (χ1n) is 16.6. The first-order valence-corrected chi connectivity index (χ1v) is 16.6. The van der Waals surface area contributed by atoms with Crippen LogP contribution in [-0.4, -0.2) is 120 Å². The molecule has 17 atom stereocenters. The van der Waals surface area contributed by atoms with Crippen molar-refractivity contribution in [3.8, 4) is 0 Å². The number of methoxy groups -OCH3 is 2. The zero-order valence-electron chi connectivity index (χ0n) is 27.4. The van der Waals surface area contributed by atoms with Crippen LogP contribution in [-0.2, 0) is 52.3 Å². The first-order chi connectivity index (χ1) is 22.2. The largest absolute Gasteiger partial charge is 0.469 e. The molecule has 14 nitrogen and oxygen atoms in total. The summed E-state index contributed by atoms with van der Waals surface area (Å²) in [4.78, 5) is 40.9. The van der Waals surface area contributed by atoms with Crippen LogP contribution in [0.25, 0.3) is 0 Å². The topological polar surface area (TPSA) is 189 Å². The number of rotatable bonds is 6. The van der Waals surface area contributed by atoms with E-state index in [-0.39, 0.29) is 19.6 Å². The first kappa shape index (κ1) is 31.9. The van der Waals surface area contributed by atoms with Gasteiger partial charge in [0.25, 0.3) is 0 Å². The molecule has 7 fully saturated rings. The molecule has 17 unspecified atom stereocenters. The predicted molar refractivity (Wildman–Crippen MR) is 154 cm³/mol. The van der Waals surface area contributed by atoms with Crippen molar-refractivity contribution in [1.29, 1.82) is 0 Å². The molecule has 8 aliphatic rings. The van der Waals surface area contributed by atoms with E-state index in [1.54, 1.807) is 19.9 Å². The lowest BCUT2D eigenvalue weighted by molar-refractivity contribution is -0.295. The average Bonchev–Trinajstić information content (AvgIpc) is 3.49. The van der Waals surface area contributed by atoms with Gasteiger partial charge < -0.3 is 53.2 Å². The number of hydrogen-bond acceptors (Lipinski definition) is 14. The van der Waals surface area contributed by atoms with Gasteiger partial charge in [-0.15, -0.1) is 0 Å². The standard InChI is InChI=1S/C33H44O14/c1-7-14(2)24(36)45-17-11-16(34)30-12-44-20(25(37)40-5)21(30)28(3,23(35)19-22(30)31(17,13-43-19)26(38)41-6)33-18-10-15(29(33,4)47-33)32(39)8-9-42-27(32)46-18/h8-9,14-23,27,34-35,39H,7,10-13H2,1-6H3. The molecule has 0 radical (unpaired) electrons. The van der Waals surface area contributed by atoms with Crippen molar-refractivity contribution < 1.29 is 67.6 Å². The highest BCUT2D eigenvalue weighted by Gasteiger charge is 2.95. The molecule has 14 heteroatoms. The molecular formula is C33H44O14. The maximum Gasteiger partial charge on any atom is 0.335 e. The van der Waals surface area contributed by atoms with Crippen molar-refractivity contribution in [2.45, 2.75) is 107 Å². The lowest BCUT2D eigenvalue weighted by Crippen LogP contribution is -2.77. The van der Waals surface area contributed by atoms with E-state index in [0.717, 1.165) is 0 Å². The smallest absolute Gasteiger partial charge is 0.335 e. The minimum atomic E-state index is -1.63. The fourth-order valence-corrected chi connectivity index (χ4v) is 11.8. The second-order valence-corrected chi connectivity index (χ2v) is 15.4. The maximum absolute atomic E-state index is 14.1. The minimum absolute atomic E-state index is 0.169. The Kier molecular flexibility index (Phi) is 6.57. The van der Waals surface area contributed by atoms with Crippen molar-refractivity contribution in [2.75, 3.05) is 27.4 Å². The van der Waals surface area contributed by atoms with E-state index in [0.29, 0.717) is 12.8 Å². The van der Waals surface area contributed by atoms with E-state index in [2.05, 4.69) is 0 Å². The van der Waals surface area contributed by atoms with Crippen LogP contribution in [0.15, 0.2) is 12.3 Å². The molecule has 3 aliphatic carbocycles. The quantitative estimate of drug-likeness (QED) is 0.195. The van der Waals surface area contributed by atoms with Crippen LogP contribution in [0.5, 0.6) is 0 Å². The SMILES string of the molecule is CCC(C)C(=O)OC1CC(O)C23COC(C(=O)OC)C2C(C)(C24OC2(C)C2CC4OC4OC=CC42O)C(O)C2OCC1(C(=O)OC)C23. The Morgan fingerprint density at radius 1 is 1.04 bits per heavy atom. The lowest BCUT2D eigenvalue weighted by Gasteiger charge is -2.65. The third-order valence-corrected chi connectivity index (χ3v) is 14.0. The van der Waals surface area contributed by atoms with E-state index in [9.17, 15) is 29.7 Å². The molecule has 0 aromatic heterocycles. The number of esters is 3. The second-order valence-electron chi connectivity index (χ2n) is 15.4. The van der Waals surface area contributed by atoms with Crippen molar-refractivity contribution in [3.05, 3.63) is 12.3 Å². The summed E-state index contributed by atoms with van der Waals surface area (Å²) < 4.78 is 48.2. The fourth-order valence-electron chi connectivity index (χ4n) is 11.8.